The summed E-state index contributed by atoms with van der Waals surface area (Å²) in [4.78, 5) is 24.4. The monoisotopic (exact) mass is 313 g/mol. The minimum absolute atomic E-state index is 0.103. The third kappa shape index (κ3) is 2.77. The Hall–Kier alpha value is -1.64. The molecule has 0 aliphatic carbocycles. The van der Waals surface area contributed by atoms with Crippen LogP contribution in [-0.2, 0) is 9.59 Å². The van der Waals surface area contributed by atoms with Gasteiger partial charge in [-0.25, -0.2) is 4.79 Å². The van der Waals surface area contributed by atoms with E-state index in [9.17, 15) is 9.59 Å². The van der Waals surface area contributed by atoms with Crippen molar-refractivity contribution >= 4 is 46.3 Å². The molecule has 1 aliphatic rings. The Morgan fingerprint density at radius 2 is 2.30 bits per heavy atom. The quantitative estimate of drug-likeness (QED) is 0.638. The van der Waals surface area contributed by atoms with Gasteiger partial charge in [0.05, 0.1) is 11.5 Å². The smallest absolute Gasteiger partial charge is 0.329 e. The number of aryl methyl sites for hydroxylation is 1. The molecule has 0 unspecified atom stereocenters. The molecule has 2 heterocycles. The second kappa shape index (κ2) is 5.78. The zero-order valence-electron chi connectivity index (χ0n) is 10.4. The van der Waals surface area contributed by atoms with Crippen molar-refractivity contribution < 1.29 is 24.2 Å². The molecule has 2 N–H and O–H groups in total. The van der Waals surface area contributed by atoms with Crippen molar-refractivity contribution in [2.24, 2.45) is 0 Å². The number of carboxylic acid groups (broad SMARTS) is 1. The van der Waals surface area contributed by atoms with Gasteiger partial charge in [-0.3, -0.25) is 9.69 Å². The first-order chi connectivity index (χ1) is 9.43. The number of aliphatic hydroxyl groups excluding tert-OH is 1. The predicted molar refractivity (Wildman–Crippen MR) is 77.0 cm³/mol. The molecule has 8 heteroatoms. The summed E-state index contributed by atoms with van der Waals surface area (Å²) in [7, 11) is 0. The molecule has 0 bridgehead atoms. The van der Waals surface area contributed by atoms with Crippen molar-refractivity contribution in [3.05, 3.63) is 28.6 Å². The predicted octanol–water partition coefficient (Wildman–Crippen LogP) is 1.23. The average Bonchev–Trinajstić information content (AvgIpc) is 2.89. The first-order valence-electron chi connectivity index (χ1n) is 5.61. The van der Waals surface area contributed by atoms with Crippen molar-refractivity contribution in [2.75, 3.05) is 6.61 Å². The molecular weight excluding hydrogens is 302 g/mol. The zero-order chi connectivity index (χ0) is 14.9. The van der Waals surface area contributed by atoms with Gasteiger partial charge in [0.2, 0.25) is 0 Å². The van der Waals surface area contributed by atoms with Gasteiger partial charge in [0, 0.05) is 6.08 Å². The number of hydrogen-bond donors (Lipinski definition) is 2. The number of carbonyl (C=O) groups excluding carboxylic acids is 1. The van der Waals surface area contributed by atoms with Crippen LogP contribution in [0.5, 0.6) is 0 Å². The van der Waals surface area contributed by atoms with Crippen molar-refractivity contribution in [1.29, 1.82) is 0 Å². The molecule has 1 saturated heterocycles. The topological polar surface area (TPSA) is 91.0 Å². The number of carbonyl (C=O) groups is 2. The number of aliphatic carboxylic acids is 1. The average molecular weight is 313 g/mol. The molecule has 1 amide bonds. The Morgan fingerprint density at radius 3 is 2.80 bits per heavy atom. The molecule has 6 nitrogen and oxygen atoms in total. The normalized spacial score (nSPS) is 18.9. The Balaban J connectivity index is 2.29. The largest absolute Gasteiger partial charge is 0.480 e. The summed E-state index contributed by atoms with van der Waals surface area (Å²) in [5, 5.41) is 18.1. The molecule has 0 saturated carbocycles. The molecule has 0 aromatic carbocycles. The molecule has 1 fully saturated rings. The molecule has 1 aliphatic heterocycles. The summed E-state index contributed by atoms with van der Waals surface area (Å²) in [5.74, 6) is -0.668. The summed E-state index contributed by atoms with van der Waals surface area (Å²) < 4.78 is 5.43. The second-order valence-corrected chi connectivity index (χ2v) is 5.71. The Morgan fingerprint density at radius 1 is 1.60 bits per heavy atom. The third-order valence-corrected chi connectivity index (χ3v) is 3.96. The molecule has 1 atom stereocenters. The number of amides is 1. The maximum atomic E-state index is 12.2. The molecule has 1 aromatic rings. The van der Waals surface area contributed by atoms with Crippen LogP contribution in [0.3, 0.4) is 0 Å². The van der Waals surface area contributed by atoms with Crippen molar-refractivity contribution in [1.82, 2.24) is 4.90 Å². The highest BCUT2D eigenvalue weighted by molar-refractivity contribution is 8.26. The maximum absolute atomic E-state index is 12.2. The van der Waals surface area contributed by atoms with Gasteiger partial charge < -0.3 is 14.6 Å². The van der Waals surface area contributed by atoms with E-state index in [1.165, 1.54) is 6.08 Å². The number of carboxylic acids is 1. The lowest BCUT2D eigenvalue weighted by Gasteiger charge is -2.20. The molecule has 0 spiro atoms. The van der Waals surface area contributed by atoms with E-state index in [1.54, 1.807) is 19.1 Å². The first kappa shape index (κ1) is 14.8. The number of aliphatic hydroxyl groups is 1. The van der Waals surface area contributed by atoms with Crippen LogP contribution in [0.25, 0.3) is 6.08 Å². The van der Waals surface area contributed by atoms with Crippen LogP contribution in [0.2, 0.25) is 0 Å². The van der Waals surface area contributed by atoms with E-state index in [-0.39, 0.29) is 9.23 Å². The van der Waals surface area contributed by atoms with Gasteiger partial charge in [-0.15, -0.1) is 0 Å². The van der Waals surface area contributed by atoms with Gasteiger partial charge in [-0.1, -0.05) is 24.0 Å². The molecule has 106 valence electrons. The highest BCUT2D eigenvalue weighted by Gasteiger charge is 2.40. The first-order valence-corrected chi connectivity index (χ1v) is 6.83. The van der Waals surface area contributed by atoms with Crippen LogP contribution in [0.15, 0.2) is 21.5 Å². The van der Waals surface area contributed by atoms with Crippen molar-refractivity contribution in [2.45, 2.75) is 13.0 Å². The number of thioether (sulfide) groups is 1. The molecule has 2 rings (SSSR count). The zero-order valence-corrected chi connectivity index (χ0v) is 12.0. The minimum Gasteiger partial charge on any atom is -0.480 e. The van der Waals surface area contributed by atoms with Gasteiger partial charge in [-0.05, 0) is 19.1 Å². The van der Waals surface area contributed by atoms with E-state index in [2.05, 4.69) is 0 Å². The molecular formula is C12H11NO5S2. The van der Waals surface area contributed by atoms with Crippen LogP contribution in [0, 0.1) is 6.92 Å². The summed E-state index contributed by atoms with van der Waals surface area (Å²) in [6, 6.07) is 2.08. The maximum Gasteiger partial charge on any atom is 0.329 e. The number of nitrogens with zero attached hydrogens (tertiary/aromatic N) is 1. The van der Waals surface area contributed by atoms with Crippen molar-refractivity contribution in [3.63, 3.8) is 0 Å². The molecule has 20 heavy (non-hydrogen) atoms. The lowest BCUT2D eigenvalue weighted by molar-refractivity contribution is -0.146. The van der Waals surface area contributed by atoms with E-state index in [1.807, 2.05) is 0 Å². The number of thiocarbonyl (C=S) groups is 1. The van der Waals surface area contributed by atoms with E-state index in [0.29, 0.717) is 11.5 Å². The van der Waals surface area contributed by atoms with E-state index < -0.39 is 24.5 Å². The number of hydrogen-bond acceptors (Lipinski definition) is 6. The number of furan rings is 1. The second-order valence-electron chi connectivity index (χ2n) is 4.04. The lowest BCUT2D eigenvalue weighted by Crippen LogP contribution is -2.46. The highest BCUT2D eigenvalue weighted by Crippen LogP contribution is 2.34. The standard InChI is InChI=1S/C12H11NO5S2/c1-6-2-3-7(18-6)4-9-10(15)13(12(19)20-9)8(5-14)11(16)17/h2-4,8,14H,5H2,1H3,(H,16,17)/b9-4+/t8-/m0/s1. The van der Waals surface area contributed by atoms with E-state index in [0.717, 1.165) is 16.7 Å². The van der Waals surface area contributed by atoms with Crippen LogP contribution >= 0.6 is 24.0 Å². The fourth-order valence-corrected chi connectivity index (χ4v) is 3.02. The Kier molecular flexibility index (Phi) is 4.26. The summed E-state index contributed by atoms with van der Waals surface area (Å²) >= 11 is 5.98. The van der Waals surface area contributed by atoms with E-state index in [4.69, 9.17) is 26.8 Å². The van der Waals surface area contributed by atoms with E-state index >= 15 is 0 Å². The third-order valence-electron chi connectivity index (χ3n) is 2.63. The van der Waals surface area contributed by atoms with Crippen LogP contribution in [0.1, 0.15) is 11.5 Å². The summed E-state index contributed by atoms with van der Waals surface area (Å²) in [5.41, 5.74) is 0. The SMILES string of the molecule is Cc1ccc(/C=C2/SC(=S)N([C@@H](CO)C(=O)O)C2=O)o1. The fourth-order valence-electron chi connectivity index (χ4n) is 1.68. The van der Waals surface area contributed by atoms with Crippen LogP contribution in [0.4, 0.5) is 0 Å². The fraction of sp³-hybridized carbons (Fsp3) is 0.250. The summed E-state index contributed by atoms with van der Waals surface area (Å²) in [6.45, 7) is 1.07. The Labute approximate surface area is 124 Å². The lowest BCUT2D eigenvalue weighted by atomic mass is 10.2. The van der Waals surface area contributed by atoms with Crippen LogP contribution in [-0.4, -0.2) is 44.0 Å². The van der Waals surface area contributed by atoms with Gasteiger partial charge >= 0.3 is 5.97 Å². The summed E-state index contributed by atoms with van der Waals surface area (Å²) in [6.07, 6.45) is 1.50. The van der Waals surface area contributed by atoms with Gasteiger partial charge in [0.25, 0.3) is 5.91 Å². The number of rotatable bonds is 4. The van der Waals surface area contributed by atoms with Crippen LogP contribution < -0.4 is 0 Å². The highest BCUT2D eigenvalue weighted by atomic mass is 32.2. The van der Waals surface area contributed by atoms with Crippen molar-refractivity contribution in [3.8, 4) is 0 Å². The molecule has 0 radical (unpaired) electrons. The van der Waals surface area contributed by atoms with Gasteiger partial charge in [-0.2, -0.15) is 0 Å². The van der Waals surface area contributed by atoms with Gasteiger partial charge in [0.15, 0.2) is 6.04 Å². The molecule has 1 aromatic heterocycles. The Bertz CT molecular complexity index is 607. The minimum atomic E-state index is -1.37. The van der Waals surface area contributed by atoms with Gasteiger partial charge in [0.1, 0.15) is 15.8 Å².